The molecule has 23 heavy (non-hydrogen) atoms. The largest absolute Gasteiger partial charge is 0.424 e. The predicted octanol–water partition coefficient (Wildman–Crippen LogP) is -0.454. The first-order valence-corrected chi connectivity index (χ1v) is 7.99. The first kappa shape index (κ1) is 15.6. The second kappa shape index (κ2) is 5.74. The van der Waals surface area contributed by atoms with Crippen molar-refractivity contribution < 1.29 is 14.4 Å². The Morgan fingerprint density at radius 2 is 1.83 bits per heavy atom. The lowest BCUT2D eigenvalue weighted by atomic mass is 9.61. The monoisotopic (exact) mass is 314 g/mol. The average Bonchev–Trinajstić information content (AvgIpc) is 2.61. The number of ether oxygens (including phenoxy) is 2. The van der Waals surface area contributed by atoms with Gasteiger partial charge in [0.25, 0.3) is 0 Å². The molecule has 0 unspecified atom stereocenters. The van der Waals surface area contributed by atoms with Crippen LogP contribution in [0, 0.1) is 45.3 Å². The van der Waals surface area contributed by atoms with E-state index in [0.717, 1.165) is 32.4 Å². The van der Waals surface area contributed by atoms with E-state index in [1.54, 1.807) is 0 Å². The minimum absolute atomic E-state index is 0.0299. The Labute approximate surface area is 135 Å². The molecule has 2 atom stereocenters. The maximum Gasteiger partial charge on any atom is 0.249 e. The van der Waals surface area contributed by atoms with Gasteiger partial charge in [0.1, 0.15) is 24.7 Å². The normalized spacial score (nSPS) is 33.5. The molecule has 7 nitrogen and oxygen atoms in total. The molecule has 7 heteroatoms. The third-order valence-corrected chi connectivity index (χ3v) is 5.47. The molecule has 2 heterocycles. The topological polar surface area (TPSA) is 120 Å². The fourth-order valence-corrected chi connectivity index (χ4v) is 4.42. The molecule has 1 saturated heterocycles. The van der Waals surface area contributed by atoms with Gasteiger partial charge in [-0.15, -0.1) is 0 Å². The van der Waals surface area contributed by atoms with E-state index < -0.39 is 11.1 Å². The van der Waals surface area contributed by atoms with Crippen LogP contribution in [-0.2, 0) is 9.47 Å². The predicted molar refractivity (Wildman–Crippen MR) is 77.8 cm³/mol. The number of allylic oxidation sites excluding steroid dienone is 1. The van der Waals surface area contributed by atoms with Crippen LogP contribution in [0.3, 0.4) is 0 Å². The third kappa shape index (κ3) is 2.07. The van der Waals surface area contributed by atoms with Crippen molar-refractivity contribution in [3.63, 3.8) is 0 Å². The number of hydrogen-bond acceptors (Lipinski definition) is 6. The number of quaternary nitrogens is 1. The zero-order valence-corrected chi connectivity index (χ0v) is 13.0. The molecule has 3 N–H and O–H groups in total. The molecule has 3 rings (SSSR count). The van der Waals surface area contributed by atoms with E-state index in [0.29, 0.717) is 19.6 Å². The van der Waals surface area contributed by atoms with Gasteiger partial charge in [-0.1, -0.05) is 6.42 Å². The van der Waals surface area contributed by atoms with Crippen LogP contribution in [0.2, 0.25) is 0 Å². The maximum absolute atomic E-state index is 9.81. The maximum atomic E-state index is 9.81. The summed E-state index contributed by atoms with van der Waals surface area (Å²) in [5, 5.41) is 29.1. The van der Waals surface area contributed by atoms with Crippen molar-refractivity contribution in [3.05, 3.63) is 11.5 Å². The third-order valence-electron chi connectivity index (χ3n) is 5.47. The number of nitrogens with two attached hydrogens (primary N) is 1. The van der Waals surface area contributed by atoms with E-state index in [1.165, 1.54) is 4.90 Å². The Morgan fingerprint density at radius 3 is 2.43 bits per heavy atom. The van der Waals surface area contributed by atoms with Gasteiger partial charge in [-0.25, -0.2) is 0 Å². The van der Waals surface area contributed by atoms with E-state index in [9.17, 15) is 15.8 Å². The van der Waals surface area contributed by atoms with Crippen LogP contribution in [0.15, 0.2) is 11.5 Å². The number of nitrogens with zero attached hydrogens (tertiary/aromatic N) is 3. The van der Waals surface area contributed by atoms with Crippen LogP contribution in [0.4, 0.5) is 0 Å². The highest BCUT2D eigenvalue weighted by Crippen LogP contribution is 2.51. The number of morpholine rings is 1. The van der Waals surface area contributed by atoms with Gasteiger partial charge in [0.15, 0.2) is 5.41 Å². The Morgan fingerprint density at radius 1 is 1.13 bits per heavy atom. The molecule has 120 valence electrons. The fraction of sp³-hybridized carbons (Fsp3) is 0.688. The molecule has 0 spiro atoms. The van der Waals surface area contributed by atoms with Gasteiger partial charge in [0, 0.05) is 6.42 Å². The van der Waals surface area contributed by atoms with E-state index in [1.807, 2.05) is 6.07 Å². The quantitative estimate of drug-likeness (QED) is 0.676. The highest BCUT2D eigenvalue weighted by atomic mass is 16.5. The molecule has 3 aliphatic rings. The lowest BCUT2D eigenvalue weighted by Gasteiger charge is -2.53. The Balaban J connectivity index is 2.16. The summed E-state index contributed by atoms with van der Waals surface area (Å²) in [4.78, 5) is 1.17. The highest BCUT2D eigenvalue weighted by molar-refractivity contribution is 5.46. The molecule has 2 fully saturated rings. The molecule has 0 aromatic heterocycles. The molecule has 0 aromatic carbocycles. The first-order valence-electron chi connectivity index (χ1n) is 7.99. The van der Waals surface area contributed by atoms with Gasteiger partial charge in [-0.05, 0) is 12.8 Å². The van der Waals surface area contributed by atoms with Crippen LogP contribution < -0.4 is 10.6 Å². The summed E-state index contributed by atoms with van der Waals surface area (Å²) < 4.78 is 11.6. The average molecular weight is 314 g/mol. The summed E-state index contributed by atoms with van der Waals surface area (Å²) >= 11 is 0. The zero-order valence-electron chi connectivity index (χ0n) is 13.0. The van der Waals surface area contributed by atoms with Crippen LogP contribution >= 0.6 is 0 Å². The summed E-state index contributed by atoms with van der Waals surface area (Å²) in [5.74, 6) is -0.415. The zero-order chi connectivity index (χ0) is 16.5. The smallest absolute Gasteiger partial charge is 0.249 e. The van der Waals surface area contributed by atoms with Crippen molar-refractivity contribution in [1.29, 1.82) is 15.8 Å². The van der Waals surface area contributed by atoms with Crippen molar-refractivity contribution in [2.75, 3.05) is 26.3 Å². The second-order valence-electron chi connectivity index (χ2n) is 6.39. The summed E-state index contributed by atoms with van der Waals surface area (Å²) in [6.45, 7) is 2.74. The summed E-state index contributed by atoms with van der Waals surface area (Å²) in [6, 6.07) is 6.18. The summed E-state index contributed by atoms with van der Waals surface area (Å²) in [5.41, 5.74) is 3.74. The van der Waals surface area contributed by atoms with Crippen LogP contribution in [0.25, 0.3) is 0 Å². The number of hydrogen-bond donors (Lipinski definition) is 2. The molecule has 0 aromatic rings. The molecule has 1 aliphatic carbocycles. The number of rotatable bonds is 1. The van der Waals surface area contributed by atoms with Crippen molar-refractivity contribution in [2.45, 2.75) is 31.4 Å². The standard InChI is InChI=1S/C16H19N5O2/c17-9-12-14(20)23-16(21-5-7-22-8-6-21)4-2-1-3-13(16)15(12,10-18)11-19/h13H,1-8,20H2/p+1/t13-,16-/m0/s1. The van der Waals surface area contributed by atoms with Gasteiger partial charge in [0.05, 0.1) is 31.3 Å². The molecular formula is C16H20N5O2+. The minimum atomic E-state index is -1.52. The second-order valence-corrected chi connectivity index (χ2v) is 6.39. The van der Waals surface area contributed by atoms with Crippen molar-refractivity contribution in [3.8, 4) is 18.2 Å². The molecule has 0 bridgehead atoms. The molecule has 0 radical (unpaired) electrons. The lowest BCUT2D eigenvalue weighted by Crippen LogP contribution is -3.23. The Hall–Kier alpha value is -2.27. The number of nitriles is 3. The Bertz CT molecular complexity index is 633. The first-order chi connectivity index (χ1) is 11.1. The van der Waals surface area contributed by atoms with Gasteiger partial charge in [0.2, 0.25) is 11.6 Å². The SMILES string of the molecule is N#CC1=C(N)O[C@@]2([NH+]3CCOCC3)CCCC[C@H]2C1(C#N)C#N. The van der Waals surface area contributed by atoms with Gasteiger partial charge >= 0.3 is 0 Å². The van der Waals surface area contributed by atoms with Crippen LogP contribution in [0.5, 0.6) is 0 Å². The van der Waals surface area contributed by atoms with Crippen molar-refractivity contribution in [2.24, 2.45) is 17.1 Å². The van der Waals surface area contributed by atoms with Gasteiger partial charge < -0.3 is 15.2 Å². The Kier molecular flexibility index (Phi) is 3.90. The number of nitrogens with one attached hydrogen (secondary N) is 1. The van der Waals surface area contributed by atoms with E-state index >= 15 is 0 Å². The summed E-state index contributed by atoms with van der Waals surface area (Å²) in [7, 11) is 0. The highest BCUT2D eigenvalue weighted by Gasteiger charge is 2.66. The van der Waals surface area contributed by atoms with E-state index in [4.69, 9.17) is 15.2 Å². The van der Waals surface area contributed by atoms with E-state index in [-0.39, 0.29) is 17.4 Å². The van der Waals surface area contributed by atoms with E-state index in [2.05, 4.69) is 12.1 Å². The van der Waals surface area contributed by atoms with Gasteiger partial charge in [-0.2, -0.15) is 15.8 Å². The fourth-order valence-electron chi connectivity index (χ4n) is 4.42. The van der Waals surface area contributed by atoms with Crippen LogP contribution in [0.1, 0.15) is 25.7 Å². The molecule has 2 aliphatic heterocycles. The molecule has 1 saturated carbocycles. The summed E-state index contributed by atoms with van der Waals surface area (Å²) in [6.07, 6.45) is 3.30. The van der Waals surface area contributed by atoms with Gasteiger partial charge in [-0.3, -0.25) is 4.90 Å². The van der Waals surface area contributed by atoms with Crippen molar-refractivity contribution in [1.82, 2.24) is 0 Å². The molecular weight excluding hydrogens is 294 g/mol. The number of fused-ring (bicyclic) bond motifs is 1. The lowest BCUT2D eigenvalue weighted by molar-refractivity contribution is -0.992. The van der Waals surface area contributed by atoms with Crippen LogP contribution in [-0.4, -0.2) is 32.0 Å². The van der Waals surface area contributed by atoms with Crippen molar-refractivity contribution >= 4 is 0 Å². The minimum Gasteiger partial charge on any atom is -0.424 e. The molecule has 0 amide bonds.